The van der Waals surface area contributed by atoms with E-state index in [1.165, 1.54) is 12.3 Å². The molecule has 1 aromatic heterocycles. The van der Waals surface area contributed by atoms with Gasteiger partial charge in [-0.2, -0.15) is 0 Å². The summed E-state index contributed by atoms with van der Waals surface area (Å²) in [4.78, 5) is 15.6. The maximum absolute atomic E-state index is 12.6. The van der Waals surface area contributed by atoms with Crippen molar-refractivity contribution < 1.29 is 18.3 Å². The van der Waals surface area contributed by atoms with Crippen LogP contribution in [-0.2, 0) is 9.53 Å². The van der Waals surface area contributed by atoms with Gasteiger partial charge in [-0.15, -0.1) is 0 Å². The second-order valence-corrected chi connectivity index (χ2v) is 6.50. The van der Waals surface area contributed by atoms with Crippen LogP contribution in [0.2, 0.25) is 0 Å². The summed E-state index contributed by atoms with van der Waals surface area (Å²) in [5, 5.41) is 6.56. The number of halogens is 2. The zero-order chi connectivity index (χ0) is 17.1. The monoisotopic (exact) mass is 339 g/mol. The van der Waals surface area contributed by atoms with Crippen LogP contribution in [0.25, 0.3) is 0 Å². The predicted molar refractivity (Wildman–Crippen MR) is 84.7 cm³/mol. The normalized spacial score (nSPS) is 28.8. The van der Waals surface area contributed by atoms with Crippen LogP contribution < -0.4 is 10.6 Å². The Labute approximate surface area is 140 Å². The standard InChI is InChI=1S/C17H23F2N3O2/c1-10(11-4-5-13(17(18)19)20-9-11)21-12-6-7-15(23)22-16(12)14-3-2-8-24-14/h4-5,9-10,12,14,16-17,21H,2-3,6-8H2,1H3,(H,22,23). The van der Waals surface area contributed by atoms with Crippen LogP contribution in [0.15, 0.2) is 18.3 Å². The molecule has 1 amide bonds. The third-order valence-corrected chi connectivity index (χ3v) is 4.81. The molecule has 24 heavy (non-hydrogen) atoms. The van der Waals surface area contributed by atoms with Crippen LogP contribution in [-0.4, -0.2) is 35.7 Å². The molecule has 0 radical (unpaired) electrons. The van der Waals surface area contributed by atoms with Gasteiger partial charge in [0, 0.05) is 31.3 Å². The molecule has 132 valence electrons. The van der Waals surface area contributed by atoms with Gasteiger partial charge >= 0.3 is 0 Å². The van der Waals surface area contributed by atoms with Crippen LogP contribution >= 0.6 is 0 Å². The summed E-state index contributed by atoms with van der Waals surface area (Å²) in [6, 6.07) is 3.03. The van der Waals surface area contributed by atoms with Crippen molar-refractivity contribution in [3.8, 4) is 0 Å². The van der Waals surface area contributed by atoms with E-state index in [1.807, 2.05) is 6.92 Å². The average molecular weight is 339 g/mol. The fourth-order valence-corrected chi connectivity index (χ4v) is 3.47. The van der Waals surface area contributed by atoms with E-state index in [9.17, 15) is 13.6 Å². The highest BCUT2D eigenvalue weighted by Crippen LogP contribution is 2.25. The second-order valence-electron chi connectivity index (χ2n) is 6.50. The van der Waals surface area contributed by atoms with Crippen molar-refractivity contribution in [3.63, 3.8) is 0 Å². The van der Waals surface area contributed by atoms with E-state index in [0.717, 1.165) is 31.4 Å². The number of piperidine rings is 1. The molecule has 5 nitrogen and oxygen atoms in total. The van der Waals surface area contributed by atoms with E-state index in [0.29, 0.717) is 6.42 Å². The number of carbonyl (C=O) groups excluding carboxylic acids is 1. The largest absolute Gasteiger partial charge is 0.376 e. The highest BCUT2D eigenvalue weighted by molar-refractivity contribution is 5.77. The number of hydrogen-bond donors (Lipinski definition) is 2. The van der Waals surface area contributed by atoms with Gasteiger partial charge in [0.25, 0.3) is 6.43 Å². The zero-order valence-corrected chi connectivity index (χ0v) is 13.7. The molecule has 0 aromatic carbocycles. The minimum Gasteiger partial charge on any atom is -0.376 e. The van der Waals surface area contributed by atoms with Crippen molar-refractivity contribution in [1.29, 1.82) is 0 Å². The topological polar surface area (TPSA) is 63.2 Å². The van der Waals surface area contributed by atoms with Crippen molar-refractivity contribution in [2.75, 3.05) is 6.61 Å². The Hall–Kier alpha value is -1.60. The molecule has 7 heteroatoms. The first kappa shape index (κ1) is 17.2. The predicted octanol–water partition coefficient (Wildman–Crippen LogP) is 2.50. The number of nitrogens with zero attached hydrogens (tertiary/aromatic N) is 1. The first-order valence-electron chi connectivity index (χ1n) is 8.45. The van der Waals surface area contributed by atoms with Gasteiger partial charge in [0.15, 0.2) is 0 Å². The number of carbonyl (C=O) groups is 1. The first-order chi connectivity index (χ1) is 11.5. The molecule has 0 spiro atoms. The molecule has 0 bridgehead atoms. The lowest BCUT2D eigenvalue weighted by Crippen LogP contribution is -2.59. The van der Waals surface area contributed by atoms with Gasteiger partial charge in [-0.05, 0) is 37.8 Å². The highest BCUT2D eigenvalue weighted by Gasteiger charge is 2.37. The summed E-state index contributed by atoms with van der Waals surface area (Å²) in [5.41, 5.74) is 0.635. The molecule has 0 aliphatic carbocycles. The molecule has 2 N–H and O–H groups in total. The van der Waals surface area contributed by atoms with E-state index in [4.69, 9.17) is 4.74 Å². The summed E-state index contributed by atoms with van der Waals surface area (Å²) in [6.45, 7) is 2.71. The van der Waals surface area contributed by atoms with Gasteiger partial charge in [-0.3, -0.25) is 9.78 Å². The maximum Gasteiger partial charge on any atom is 0.280 e. The molecule has 2 aliphatic heterocycles. The fraction of sp³-hybridized carbons (Fsp3) is 0.647. The first-order valence-corrected chi connectivity index (χ1v) is 8.45. The van der Waals surface area contributed by atoms with E-state index in [1.54, 1.807) is 6.07 Å². The van der Waals surface area contributed by atoms with Crippen molar-refractivity contribution in [3.05, 3.63) is 29.6 Å². The highest BCUT2D eigenvalue weighted by atomic mass is 19.3. The fourth-order valence-electron chi connectivity index (χ4n) is 3.47. The maximum atomic E-state index is 12.6. The number of hydrogen-bond acceptors (Lipinski definition) is 4. The Morgan fingerprint density at radius 2 is 2.21 bits per heavy atom. The Bertz CT molecular complexity index is 561. The van der Waals surface area contributed by atoms with Crippen molar-refractivity contribution in [1.82, 2.24) is 15.6 Å². The Kier molecular flexibility index (Phi) is 5.40. The summed E-state index contributed by atoms with van der Waals surface area (Å²) < 4.78 is 31.0. The molecule has 2 fully saturated rings. The molecule has 2 aliphatic rings. The average Bonchev–Trinajstić information content (AvgIpc) is 3.11. The Morgan fingerprint density at radius 3 is 2.83 bits per heavy atom. The van der Waals surface area contributed by atoms with E-state index >= 15 is 0 Å². The van der Waals surface area contributed by atoms with Crippen molar-refractivity contribution >= 4 is 5.91 Å². The number of rotatable bonds is 5. The zero-order valence-electron chi connectivity index (χ0n) is 13.7. The van der Waals surface area contributed by atoms with Gasteiger partial charge in [0.1, 0.15) is 5.69 Å². The summed E-state index contributed by atoms with van der Waals surface area (Å²) in [5.74, 6) is 0.0594. The minimum absolute atomic E-state index is 0.0401. The number of ether oxygens (including phenoxy) is 1. The van der Waals surface area contributed by atoms with Crippen LogP contribution in [0.3, 0.4) is 0 Å². The minimum atomic E-state index is -2.56. The smallest absolute Gasteiger partial charge is 0.280 e. The number of pyridine rings is 1. The van der Waals surface area contributed by atoms with Crippen LogP contribution in [0, 0.1) is 0 Å². The lowest BCUT2D eigenvalue weighted by molar-refractivity contribution is -0.125. The van der Waals surface area contributed by atoms with Gasteiger partial charge in [-0.25, -0.2) is 8.78 Å². The summed E-state index contributed by atoms with van der Waals surface area (Å²) >= 11 is 0. The lowest BCUT2D eigenvalue weighted by atomic mass is 9.91. The van der Waals surface area contributed by atoms with Gasteiger partial charge < -0.3 is 15.4 Å². The van der Waals surface area contributed by atoms with E-state index < -0.39 is 6.43 Å². The van der Waals surface area contributed by atoms with E-state index in [-0.39, 0.29) is 35.8 Å². The van der Waals surface area contributed by atoms with Gasteiger partial charge in [-0.1, -0.05) is 6.07 Å². The lowest BCUT2D eigenvalue weighted by Gasteiger charge is -2.37. The van der Waals surface area contributed by atoms with Crippen LogP contribution in [0.1, 0.15) is 56.3 Å². The third-order valence-electron chi connectivity index (χ3n) is 4.81. The molecular weight excluding hydrogens is 316 g/mol. The third kappa shape index (κ3) is 3.89. The van der Waals surface area contributed by atoms with Gasteiger partial charge in [0.2, 0.25) is 5.91 Å². The van der Waals surface area contributed by atoms with Gasteiger partial charge in [0.05, 0.1) is 12.1 Å². The SMILES string of the molecule is CC(NC1CCC(=O)NC1C1CCCO1)c1ccc(C(F)F)nc1. The molecule has 2 saturated heterocycles. The van der Waals surface area contributed by atoms with Crippen LogP contribution in [0.4, 0.5) is 8.78 Å². The molecule has 3 heterocycles. The van der Waals surface area contributed by atoms with Crippen molar-refractivity contribution in [2.24, 2.45) is 0 Å². The molecule has 4 unspecified atom stereocenters. The number of nitrogens with one attached hydrogen (secondary N) is 2. The van der Waals surface area contributed by atoms with Crippen LogP contribution in [0.5, 0.6) is 0 Å². The molecule has 4 atom stereocenters. The quantitative estimate of drug-likeness (QED) is 0.865. The number of aromatic nitrogens is 1. The Balaban J connectivity index is 1.66. The summed E-state index contributed by atoms with van der Waals surface area (Å²) in [6.07, 6.45) is 2.15. The number of amides is 1. The molecule has 0 saturated carbocycles. The van der Waals surface area contributed by atoms with E-state index in [2.05, 4.69) is 15.6 Å². The summed E-state index contributed by atoms with van der Waals surface area (Å²) in [7, 11) is 0. The second kappa shape index (κ2) is 7.53. The molecular formula is C17H23F2N3O2. The molecule has 1 aromatic rings. The number of alkyl halides is 2. The Morgan fingerprint density at radius 1 is 1.38 bits per heavy atom. The van der Waals surface area contributed by atoms with Crippen molar-refractivity contribution in [2.45, 2.75) is 63.3 Å². The molecule has 3 rings (SSSR count).